The molecule has 0 amide bonds. The van der Waals surface area contributed by atoms with Crippen LogP contribution in [-0.4, -0.2) is 23.3 Å². The minimum absolute atomic E-state index is 0.0444. The molecule has 0 saturated carbocycles. The maximum Gasteiger partial charge on any atom is 0.343 e. The minimum atomic E-state index is -0.431. The van der Waals surface area contributed by atoms with E-state index in [-0.39, 0.29) is 12.3 Å². The lowest BCUT2D eigenvalue weighted by molar-refractivity contribution is -0.683. The zero-order chi connectivity index (χ0) is 19.5. The molecule has 0 radical (unpaired) electrons. The topological polar surface area (TPSA) is 51.7 Å². The van der Waals surface area contributed by atoms with Crippen molar-refractivity contribution in [2.45, 2.75) is 6.54 Å². The van der Waals surface area contributed by atoms with Crippen LogP contribution in [0.15, 0.2) is 85.3 Å². The van der Waals surface area contributed by atoms with E-state index in [1.54, 1.807) is 29.1 Å². The van der Waals surface area contributed by atoms with Crippen LogP contribution in [0.2, 0.25) is 0 Å². The monoisotopic (exact) mass is 371 g/mol. The molecule has 5 heteroatoms. The fourth-order valence-electron chi connectivity index (χ4n) is 3.35. The summed E-state index contributed by atoms with van der Waals surface area (Å²) in [7, 11) is 1.34. The summed E-state index contributed by atoms with van der Waals surface area (Å²) in [5, 5.41) is 0. The average molecular weight is 371 g/mol. The van der Waals surface area contributed by atoms with Gasteiger partial charge in [0, 0.05) is 23.3 Å². The molecule has 1 aromatic carbocycles. The lowest BCUT2D eigenvalue weighted by Gasteiger charge is -2.05. The molecule has 3 heterocycles. The van der Waals surface area contributed by atoms with Crippen LogP contribution in [0.25, 0.3) is 16.6 Å². The quantitative estimate of drug-likeness (QED) is 0.306. The number of aromatic nitrogens is 2. The number of ether oxygens (including phenoxy) is 1. The van der Waals surface area contributed by atoms with Crippen molar-refractivity contribution in [3.63, 3.8) is 0 Å². The third-order valence-electron chi connectivity index (χ3n) is 4.63. The molecule has 0 aliphatic heterocycles. The molecule has 0 fully saturated rings. The molecule has 0 spiro atoms. The molecule has 0 aliphatic carbocycles. The van der Waals surface area contributed by atoms with Crippen LogP contribution < -0.4 is 4.57 Å². The van der Waals surface area contributed by atoms with Crippen LogP contribution in [0, 0.1) is 0 Å². The Bertz CT molecular complexity index is 1160. The molecular formula is C23H19N2O3+. The van der Waals surface area contributed by atoms with Crippen molar-refractivity contribution >= 4 is 17.3 Å². The van der Waals surface area contributed by atoms with Gasteiger partial charge in [-0.15, -0.1) is 0 Å². The first-order valence-corrected chi connectivity index (χ1v) is 8.93. The normalized spacial score (nSPS) is 10.8. The van der Waals surface area contributed by atoms with Crippen molar-refractivity contribution in [2.75, 3.05) is 7.11 Å². The second-order valence-corrected chi connectivity index (χ2v) is 6.45. The Hall–Kier alpha value is -3.73. The summed E-state index contributed by atoms with van der Waals surface area (Å²) < 4.78 is 8.37. The van der Waals surface area contributed by atoms with Gasteiger partial charge in [0.25, 0.3) is 0 Å². The van der Waals surface area contributed by atoms with Crippen molar-refractivity contribution < 1.29 is 18.9 Å². The zero-order valence-electron chi connectivity index (χ0n) is 15.4. The summed E-state index contributed by atoms with van der Waals surface area (Å²) in [5.74, 6) is -0.475. The van der Waals surface area contributed by atoms with E-state index in [2.05, 4.69) is 0 Å². The van der Waals surface area contributed by atoms with Crippen LogP contribution >= 0.6 is 0 Å². The van der Waals surface area contributed by atoms with E-state index in [1.807, 2.05) is 65.2 Å². The van der Waals surface area contributed by atoms with Gasteiger partial charge in [-0.05, 0) is 29.8 Å². The van der Waals surface area contributed by atoms with Crippen LogP contribution in [0.4, 0.5) is 0 Å². The van der Waals surface area contributed by atoms with E-state index >= 15 is 0 Å². The number of rotatable bonds is 5. The van der Waals surface area contributed by atoms with Gasteiger partial charge in [-0.25, -0.2) is 4.79 Å². The Labute approximate surface area is 162 Å². The summed E-state index contributed by atoms with van der Waals surface area (Å²) >= 11 is 0. The van der Waals surface area contributed by atoms with Gasteiger partial charge in [0.2, 0.25) is 12.3 Å². The van der Waals surface area contributed by atoms with Crippen LogP contribution in [-0.2, 0) is 11.3 Å². The Morgan fingerprint density at radius 3 is 2.57 bits per heavy atom. The third kappa shape index (κ3) is 3.30. The fraction of sp³-hybridized carbons (Fsp3) is 0.0870. The predicted molar refractivity (Wildman–Crippen MR) is 105 cm³/mol. The van der Waals surface area contributed by atoms with Crippen molar-refractivity contribution in [3.05, 3.63) is 96.6 Å². The molecule has 0 saturated heterocycles. The second-order valence-electron chi connectivity index (χ2n) is 6.45. The van der Waals surface area contributed by atoms with E-state index in [0.717, 1.165) is 16.6 Å². The Morgan fingerprint density at radius 1 is 1.00 bits per heavy atom. The molecule has 3 aromatic heterocycles. The van der Waals surface area contributed by atoms with Crippen molar-refractivity contribution in [1.29, 1.82) is 0 Å². The minimum Gasteiger partial charge on any atom is -0.465 e. The maximum absolute atomic E-state index is 13.3. The average Bonchev–Trinajstić information content (AvgIpc) is 3.14. The highest BCUT2D eigenvalue weighted by Crippen LogP contribution is 2.28. The van der Waals surface area contributed by atoms with Gasteiger partial charge in [0.15, 0.2) is 12.4 Å². The van der Waals surface area contributed by atoms with E-state index in [4.69, 9.17) is 4.74 Å². The number of methoxy groups -OCH3 is 1. The molecule has 138 valence electrons. The van der Waals surface area contributed by atoms with Gasteiger partial charge < -0.3 is 9.14 Å². The van der Waals surface area contributed by atoms with Crippen molar-refractivity contribution in [1.82, 2.24) is 4.40 Å². The lowest BCUT2D eigenvalue weighted by Crippen LogP contribution is -2.38. The first kappa shape index (κ1) is 17.7. The first-order chi connectivity index (χ1) is 13.7. The number of nitrogens with zero attached hydrogens (tertiary/aromatic N) is 2. The number of pyridine rings is 2. The van der Waals surface area contributed by atoms with Crippen molar-refractivity contribution in [3.8, 4) is 11.1 Å². The molecular weight excluding hydrogens is 352 g/mol. The van der Waals surface area contributed by atoms with E-state index in [9.17, 15) is 9.59 Å². The smallest absolute Gasteiger partial charge is 0.343 e. The van der Waals surface area contributed by atoms with Gasteiger partial charge in [-0.3, -0.25) is 4.79 Å². The number of hydrogen-bond donors (Lipinski definition) is 0. The number of benzene rings is 1. The summed E-state index contributed by atoms with van der Waals surface area (Å²) in [4.78, 5) is 25.0. The molecule has 0 N–H and O–H groups in total. The molecule has 0 atom stereocenters. The predicted octanol–water partition coefficient (Wildman–Crippen LogP) is 3.56. The van der Waals surface area contributed by atoms with Crippen LogP contribution in [0.3, 0.4) is 0 Å². The SMILES string of the molecule is COC(=O)c1ccc[n+](CC(=O)c2c(-c3ccccc3)cc3ccccn23)c1. The van der Waals surface area contributed by atoms with Gasteiger partial charge in [-0.1, -0.05) is 36.4 Å². The highest BCUT2D eigenvalue weighted by molar-refractivity contribution is 6.02. The van der Waals surface area contributed by atoms with E-state index in [1.165, 1.54) is 7.11 Å². The van der Waals surface area contributed by atoms with Gasteiger partial charge >= 0.3 is 5.97 Å². The van der Waals surface area contributed by atoms with Gasteiger partial charge in [-0.2, -0.15) is 4.57 Å². The number of carbonyl (C=O) groups is 2. The number of Topliss-reactive ketones (excluding diaryl/α,β-unsaturated/α-hetero) is 1. The van der Waals surface area contributed by atoms with Crippen LogP contribution in [0.5, 0.6) is 0 Å². The Kier molecular flexibility index (Phi) is 4.72. The molecule has 28 heavy (non-hydrogen) atoms. The standard InChI is InChI=1S/C23H19N2O3/c1-28-23(27)18-10-7-12-24(15-18)16-21(26)22-20(17-8-3-2-4-9-17)14-19-11-5-6-13-25(19)22/h2-15H,16H2,1H3/q+1. The number of fused-ring (bicyclic) bond motifs is 1. The fourth-order valence-corrected chi connectivity index (χ4v) is 3.35. The number of ketones is 1. The molecule has 4 rings (SSSR count). The molecule has 0 aliphatic rings. The zero-order valence-corrected chi connectivity index (χ0v) is 15.4. The molecule has 4 aromatic rings. The van der Waals surface area contributed by atoms with E-state index in [0.29, 0.717) is 11.3 Å². The molecule has 5 nitrogen and oxygen atoms in total. The first-order valence-electron chi connectivity index (χ1n) is 8.93. The Balaban J connectivity index is 1.76. The summed E-state index contributed by atoms with van der Waals surface area (Å²) in [5.41, 5.74) is 3.86. The number of hydrogen-bond acceptors (Lipinski definition) is 3. The van der Waals surface area contributed by atoms with Crippen LogP contribution in [0.1, 0.15) is 20.8 Å². The summed E-state index contributed by atoms with van der Waals surface area (Å²) in [6, 6.07) is 21.1. The highest BCUT2D eigenvalue weighted by atomic mass is 16.5. The maximum atomic E-state index is 13.3. The van der Waals surface area contributed by atoms with Gasteiger partial charge in [0.1, 0.15) is 11.3 Å². The molecule has 0 unspecified atom stereocenters. The number of carbonyl (C=O) groups excluding carboxylic acids is 2. The molecule has 0 bridgehead atoms. The summed E-state index contributed by atoms with van der Waals surface area (Å²) in [6.45, 7) is 0.117. The van der Waals surface area contributed by atoms with E-state index < -0.39 is 5.97 Å². The Morgan fingerprint density at radius 2 is 1.79 bits per heavy atom. The number of esters is 1. The largest absolute Gasteiger partial charge is 0.465 e. The summed E-state index contributed by atoms with van der Waals surface area (Å²) in [6.07, 6.45) is 5.29. The van der Waals surface area contributed by atoms with Gasteiger partial charge in [0.05, 0.1) is 7.11 Å². The van der Waals surface area contributed by atoms with Crippen molar-refractivity contribution in [2.24, 2.45) is 0 Å². The highest BCUT2D eigenvalue weighted by Gasteiger charge is 2.22. The third-order valence-corrected chi connectivity index (χ3v) is 4.63. The lowest BCUT2D eigenvalue weighted by atomic mass is 10.0. The second kappa shape index (κ2) is 7.48.